The van der Waals surface area contributed by atoms with E-state index >= 15 is 0 Å². The third-order valence-corrected chi connectivity index (χ3v) is 9.66. The first kappa shape index (κ1) is 26.1. The molecule has 0 bridgehead atoms. The van der Waals surface area contributed by atoms with E-state index in [2.05, 4.69) is 4.74 Å². The Labute approximate surface area is 202 Å². The molecular weight excluding hydrogens is 866 g/mol. The minimum atomic E-state index is -6.37. The van der Waals surface area contributed by atoms with Gasteiger partial charge in [-0.3, -0.25) is 4.55 Å². The monoisotopic (exact) mass is 870 g/mol. The molecule has 0 heterocycles. The molecule has 154 valence electrons. The van der Waals surface area contributed by atoms with Crippen molar-refractivity contribution in [2.24, 2.45) is 0 Å². The highest BCUT2D eigenvalue weighted by atomic mass is 127. The summed E-state index contributed by atoms with van der Waals surface area (Å²) in [5.74, 6) is -4.95. The molecule has 5 nitrogen and oxygen atoms in total. The molecule has 1 N–H and O–H groups in total. The quantitative estimate of drug-likeness (QED) is 0.152. The van der Waals surface area contributed by atoms with Gasteiger partial charge in [0.05, 0.1) is 5.56 Å². The van der Waals surface area contributed by atoms with Crippen molar-refractivity contribution in [1.29, 1.82) is 0 Å². The van der Waals surface area contributed by atoms with Gasteiger partial charge in [-0.2, -0.15) is 34.8 Å². The Bertz CT molecular complexity index is 827. The van der Waals surface area contributed by atoms with Crippen LogP contribution in [-0.2, 0) is 14.9 Å². The first-order valence-corrected chi connectivity index (χ1v) is 11.9. The van der Waals surface area contributed by atoms with Crippen molar-refractivity contribution in [2.45, 2.75) is 18.0 Å². The lowest BCUT2D eigenvalue weighted by atomic mass is 10.1. The molecule has 16 heteroatoms. The predicted octanol–water partition coefficient (Wildman–Crippen LogP) is 5.01. The number of benzene rings is 1. The van der Waals surface area contributed by atoms with Crippen molar-refractivity contribution in [1.82, 2.24) is 0 Å². The highest BCUT2D eigenvalue weighted by Gasteiger charge is 2.76. The Morgan fingerprint density at radius 3 is 1.63 bits per heavy atom. The van der Waals surface area contributed by atoms with Gasteiger partial charge in [-0.1, -0.05) is 0 Å². The molecule has 27 heavy (non-hydrogen) atoms. The molecule has 0 spiro atoms. The van der Waals surface area contributed by atoms with Crippen LogP contribution in [0.3, 0.4) is 0 Å². The first-order valence-electron chi connectivity index (χ1n) is 5.99. The summed E-state index contributed by atoms with van der Waals surface area (Å²) in [6.45, 7) is 0. The molecule has 0 saturated carbocycles. The van der Waals surface area contributed by atoms with Gasteiger partial charge in [0.25, 0.3) is 10.1 Å². The smallest absolute Gasteiger partial charge is 0.435 e. The molecule has 0 aliphatic rings. The Hall–Kier alpha value is 1.10. The van der Waals surface area contributed by atoms with Crippen molar-refractivity contribution < 1.29 is 48.8 Å². The van der Waals surface area contributed by atoms with Crippen LogP contribution >= 0.6 is 90.4 Å². The molecule has 0 aliphatic carbocycles. The van der Waals surface area contributed by atoms with Crippen LogP contribution in [0.25, 0.3) is 0 Å². The summed E-state index contributed by atoms with van der Waals surface area (Å²) in [5.41, 5.74) is -6.02. The second-order valence-corrected chi connectivity index (χ2v) is 10.7. The zero-order valence-corrected chi connectivity index (χ0v) is 21.5. The summed E-state index contributed by atoms with van der Waals surface area (Å²) in [6.07, 6.45) is -12.7. The van der Waals surface area contributed by atoms with Crippen LogP contribution in [0.15, 0.2) is 6.07 Å². The SMILES string of the molecule is O=C(OC(CS(=O)(=O)O)(C(F)(F)F)C(F)(F)F)c1c(I)c(I)cc(I)c1I. The lowest BCUT2D eigenvalue weighted by Gasteiger charge is -2.35. The number of carbonyl (C=O) groups is 1. The van der Waals surface area contributed by atoms with Gasteiger partial charge in [0.1, 0.15) is 5.75 Å². The predicted molar refractivity (Wildman–Crippen MR) is 114 cm³/mol. The van der Waals surface area contributed by atoms with Gasteiger partial charge < -0.3 is 4.74 Å². The standard InChI is InChI=1S/C11H4F6I4O5S/c12-10(13,14)9(11(15,16)17,2-27(23,24)25)26-8(22)5-6(20)3(18)1-4(19)7(5)21/h1H,2H2,(H,23,24,25). The summed E-state index contributed by atoms with van der Waals surface area (Å²) in [5, 5.41) is 0. The fourth-order valence-electron chi connectivity index (χ4n) is 1.69. The molecule has 0 radical (unpaired) electrons. The topological polar surface area (TPSA) is 80.7 Å². The molecule has 1 aromatic rings. The van der Waals surface area contributed by atoms with E-state index in [-0.39, 0.29) is 7.14 Å². The molecule has 0 saturated heterocycles. The van der Waals surface area contributed by atoms with Crippen LogP contribution in [-0.4, -0.2) is 42.6 Å². The summed E-state index contributed by atoms with van der Waals surface area (Å²) < 4.78 is 114. The molecule has 0 aromatic heterocycles. The summed E-state index contributed by atoms with van der Waals surface area (Å²) in [4.78, 5) is 12.3. The van der Waals surface area contributed by atoms with E-state index in [1.54, 1.807) is 45.2 Å². The zero-order chi connectivity index (χ0) is 21.6. The lowest BCUT2D eigenvalue weighted by molar-refractivity contribution is -0.356. The van der Waals surface area contributed by atoms with Crippen LogP contribution in [0.1, 0.15) is 10.4 Å². The lowest BCUT2D eigenvalue weighted by Crippen LogP contribution is -2.63. The van der Waals surface area contributed by atoms with Gasteiger partial charge in [0, 0.05) is 14.3 Å². The third kappa shape index (κ3) is 5.83. The second kappa shape index (κ2) is 8.69. The van der Waals surface area contributed by atoms with Crippen LogP contribution in [0.4, 0.5) is 26.3 Å². The fourth-order valence-corrected chi connectivity index (χ4v) is 6.15. The third-order valence-electron chi connectivity index (χ3n) is 2.88. The Balaban J connectivity index is 3.68. The summed E-state index contributed by atoms with van der Waals surface area (Å²) in [7, 11) is -5.84. The zero-order valence-electron chi connectivity index (χ0n) is 12.1. The van der Waals surface area contributed by atoms with Gasteiger partial charge in [-0.25, -0.2) is 4.79 Å². The Morgan fingerprint density at radius 1 is 0.963 bits per heavy atom. The number of alkyl halides is 6. The van der Waals surface area contributed by atoms with Crippen molar-refractivity contribution in [3.63, 3.8) is 0 Å². The fraction of sp³-hybridized carbons (Fsp3) is 0.364. The second-order valence-electron chi connectivity index (χ2n) is 4.78. The van der Waals surface area contributed by atoms with Crippen LogP contribution in [0, 0.1) is 14.3 Å². The summed E-state index contributed by atoms with van der Waals surface area (Å²) in [6, 6.07) is 1.53. The van der Waals surface area contributed by atoms with Crippen molar-refractivity contribution in [3.8, 4) is 0 Å². The van der Waals surface area contributed by atoms with Gasteiger partial charge in [-0.05, 0) is 96.4 Å². The molecule has 0 fully saturated rings. The minimum Gasteiger partial charge on any atom is -0.435 e. The summed E-state index contributed by atoms with van der Waals surface area (Å²) >= 11 is 6.50. The van der Waals surface area contributed by atoms with Gasteiger partial charge in [0.2, 0.25) is 0 Å². The molecular formula is C11H4F6I4O5S. The number of ether oxygens (including phenoxy) is 1. The average molecular weight is 870 g/mol. The van der Waals surface area contributed by atoms with E-state index in [1.807, 2.05) is 0 Å². The highest BCUT2D eigenvalue weighted by molar-refractivity contribution is 14.1. The van der Waals surface area contributed by atoms with Crippen LogP contribution in [0.2, 0.25) is 0 Å². The van der Waals surface area contributed by atoms with Crippen LogP contribution in [0.5, 0.6) is 0 Å². The van der Waals surface area contributed by atoms with E-state index in [9.17, 15) is 39.6 Å². The maximum absolute atomic E-state index is 13.3. The minimum absolute atomic E-state index is 0.0214. The van der Waals surface area contributed by atoms with Gasteiger partial charge >= 0.3 is 23.9 Å². The molecule has 0 atom stereocenters. The molecule has 1 aromatic carbocycles. The molecule has 0 amide bonds. The number of hydrogen-bond acceptors (Lipinski definition) is 4. The van der Waals surface area contributed by atoms with E-state index in [0.717, 1.165) is 0 Å². The van der Waals surface area contributed by atoms with E-state index < -0.39 is 45.4 Å². The van der Waals surface area contributed by atoms with E-state index in [0.29, 0.717) is 7.14 Å². The van der Waals surface area contributed by atoms with Crippen molar-refractivity contribution >= 4 is 106 Å². The van der Waals surface area contributed by atoms with Crippen molar-refractivity contribution in [3.05, 3.63) is 25.9 Å². The van der Waals surface area contributed by atoms with E-state index in [1.165, 1.54) is 51.2 Å². The number of halogens is 10. The first-order chi connectivity index (χ1) is 11.8. The van der Waals surface area contributed by atoms with Gasteiger partial charge in [0.15, 0.2) is 0 Å². The maximum Gasteiger partial charge on any atom is 0.438 e. The Kier molecular flexibility index (Phi) is 8.41. The number of rotatable bonds is 4. The normalized spacial score (nSPS) is 13.6. The highest BCUT2D eigenvalue weighted by Crippen LogP contribution is 2.47. The Morgan fingerprint density at radius 2 is 1.33 bits per heavy atom. The molecule has 0 aliphatic heterocycles. The number of esters is 1. The van der Waals surface area contributed by atoms with Crippen molar-refractivity contribution in [2.75, 3.05) is 5.75 Å². The largest absolute Gasteiger partial charge is 0.438 e. The molecule has 0 unspecified atom stereocenters. The number of carbonyl (C=O) groups excluding carboxylic acids is 1. The maximum atomic E-state index is 13.3. The van der Waals surface area contributed by atoms with Crippen LogP contribution < -0.4 is 0 Å². The van der Waals surface area contributed by atoms with Gasteiger partial charge in [-0.15, -0.1) is 0 Å². The number of hydrogen-bond donors (Lipinski definition) is 1. The molecule has 1 rings (SSSR count). The van der Waals surface area contributed by atoms with E-state index in [4.69, 9.17) is 4.55 Å². The average Bonchev–Trinajstić information content (AvgIpc) is 2.40.